The van der Waals surface area contributed by atoms with Crippen LogP contribution in [0.5, 0.6) is 0 Å². The molecule has 0 bridgehead atoms. The van der Waals surface area contributed by atoms with Gasteiger partial charge in [-0.15, -0.1) is 16.4 Å². The van der Waals surface area contributed by atoms with Crippen LogP contribution >= 0.6 is 11.3 Å². The zero-order valence-corrected chi connectivity index (χ0v) is 12.9. The Labute approximate surface area is 135 Å². The number of rotatable bonds is 3. The van der Waals surface area contributed by atoms with Crippen molar-refractivity contribution in [2.75, 3.05) is 6.54 Å². The summed E-state index contributed by atoms with van der Waals surface area (Å²) in [5.74, 6) is -0.880. The highest BCUT2D eigenvalue weighted by Gasteiger charge is 2.33. The summed E-state index contributed by atoms with van der Waals surface area (Å²) in [5, 5.41) is 13.8. The lowest BCUT2D eigenvalue weighted by Crippen LogP contribution is -2.38. The first-order valence-corrected chi connectivity index (χ1v) is 8.08. The smallest absolute Gasteiger partial charge is 0.173 e. The summed E-state index contributed by atoms with van der Waals surface area (Å²) < 4.78 is 29.2. The van der Waals surface area contributed by atoms with Crippen LogP contribution in [0.3, 0.4) is 0 Å². The number of thiophene rings is 1. The van der Waals surface area contributed by atoms with Crippen molar-refractivity contribution in [3.63, 3.8) is 0 Å². The molecule has 1 atom stereocenters. The second-order valence-corrected chi connectivity index (χ2v) is 6.34. The summed E-state index contributed by atoms with van der Waals surface area (Å²) in [6.45, 7) is 1.59. The minimum absolute atomic E-state index is 0.151. The third kappa shape index (κ3) is 2.53. The minimum atomic E-state index is -0.822. The maximum Gasteiger partial charge on any atom is 0.173 e. The van der Waals surface area contributed by atoms with E-state index in [2.05, 4.69) is 20.4 Å². The normalized spacial score (nSPS) is 18.1. The summed E-state index contributed by atoms with van der Waals surface area (Å²) in [5.41, 5.74) is 0.340. The van der Waals surface area contributed by atoms with Gasteiger partial charge in [0.1, 0.15) is 6.04 Å². The highest BCUT2D eigenvalue weighted by Crippen LogP contribution is 2.34. The van der Waals surface area contributed by atoms with Gasteiger partial charge in [0.2, 0.25) is 0 Å². The maximum absolute atomic E-state index is 14.0. The van der Waals surface area contributed by atoms with E-state index < -0.39 is 11.6 Å². The van der Waals surface area contributed by atoms with Gasteiger partial charge in [-0.2, -0.15) is 0 Å². The first-order chi connectivity index (χ1) is 11.2. The van der Waals surface area contributed by atoms with Crippen LogP contribution in [0.4, 0.5) is 8.78 Å². The van der Waals surface area contributed by atoms with Gasteiger partial charge >= 0.3 is 0 Å². The molecule has 0 N–H and O–H groups in total. The zero-order valence-electron chi connectivity index (χ0n) is 12.1. The molecule has 0 saturated heterocycles. The van der Waals surface area contributed by atoms with Gasteiger partial charge in [-0.25, -0.2) is 13.5 Å². The molecular formula is C15H13F2N5S. The van der Waals surface area contributed by atoms with E-state index in [1.54, 1.807) is 22.1 Å². The van der Waals surface area contributed by atoms with Crippen LogP contribution in [0.1, 0.15) is 22.3 Å². The van der Waals surface area contributed by atoms with E-state index >= 15 is 0 Å². The molecule has 0 amide bonds. The van der Waals surface area contributed by atoms with Gasteiger partial charge in [0, 0.05) is 23.5 Å². The Hall–Kier alpha value is -2.19. The Morgan fingerprint density at radius 1 is 1.17 bits per heavy atom. The second-order valence-electron chi connectivity index (χ2n) is 5.36. The molecule has 1 aliphatic heterocycles. The van der Waals surface area contributed by atoms with E-state index in [0.717, 1.165) is 16.8 Å². The molecule has 118 valence electrons. The second kappa shape index (κ2) is 5.78. The molecule has 4 rings (SSSR count). The van der Waals surface area contributed by atoms with Crippen molar-refractivity contribution in [1.29, 1.82) is 0 Å². The van der Waals surface area contributed by atoms with Gasteiger partial charge in [-0.3, -0.25) is 4.90 Å². The van der Waals surface area contributed by atoms with Crippen LogP contribution in [-0.2, 0) is 13.1 Å². The van der Waals surface area contributed by atoms with Gasteiger partial charge < -0.3 is 0 Å². The van der Waals surface area contributed by atoms with Crippen LogP contribution in [0, 0.1) is 11.6 Å². The summed E-state index contributed by atoms with van der Waals surface area (Å²) in [4.78, 5) is 3.16. The Morgan fingerprint density at radius 3 is 2.91 bits per heavy atom. The molecule has 0 spiro atoms. The molecule has 5 nitrogen and oxygen atoms in total. The van der Waals surface area contributed by atoms with Crippen LogP contribution in [0.25, 0.3) is 0 Å². The monoisotopic (exact) mass is 333 g/mol. The number of tetrazole rings is 1. The SMILES string of the molecule is Fc1cccc(CN2CCn3nnnc3C2c2cccs2)c1F. The van der Waals surface area contributed by atoms with E-state index in [-0.39, 0.29) is 6.04 Å². The predicted molar refractivity (Wildman–Crippen MR) is 80.7 cm³/mol. The number of halogens is 2. The summed E-state index contributed by atoms with van der Waals surface area (Å²) >= 11 is 1.60. The van der Waals surface area contributed by atoms with Crippen molar-refractivity contribution < 1.29 is 8.78 Å². The first kappa shape index (κ1) is 14.4. The van der Waals surface area contributed by atoms with E-state index in [1.807, 2.05) is 17.5 Å². The molecule has 0 radical (unpaired) electrons. The highest BCUT2D eigenvalue weighted by atomic mass is 32.1. The lowest BCUT2D eigenvalue weighted by atomic mass is 10.1. The van der Waals surface area contributed by atoms with Gasteiger partial charge in [0.25, 0.3) is 0 Å². The molecule has 0 saturated carbocycles. The Kier molecular flexibility index (Phi) is 3.62. The molecule has 8 heteroatoms. The number of benzene rings is 1. The minimum Gasteiger partial charge on any atom is -0.283 e. The van der Waals surface area contributed by atoms with Crippen molar-refractivity contribution >= 4 is 11.3 Å². The highest BCUT2D eigenvalue weighted by molar-refractivity contribution is 7.10. The summed E-state index contributed by atoms with van der Waals surface area (Å²) in [7, 11) is 0. The molecule has 23 heavy (non-hydrogen) atoms. The van der Waals surface area contributed by atoms with Crippen molar-refractivity contribution in [2.45, 2.75) is 19.1 Å². The van der Waals surface area contributed by atoms with Gasteiger partial charge in [-0.1, -0.05) is 18.2 Å². The molecule has 1 aromatic carbocycles. The van der Waals surface area contributed by atoms with E-state index in [0.29, 0.717) is 25.2 Å². The lowest BCUT2D eigenvalue weighted by molar-refractivity contribution is 0.164. The first-order valence-electron chi connectivity index (χ1n) is 7.20. The fraction of sp³-hybridized carbons (Fsp3) is 0.267. The third-order valence-corrected chi connectivity index (χ3v) is 4.91. The van der Waals surface area contributed by atoms with E-state index in [1.165, 1.54) is 6.07 Å². The lowest BCUT2D eigenvalue weighted by Gasteiger charge is -2.34. The average molecular weight is 333 g/mol. The van der Waals surface area contributed by atoms with Crippen LogP contribution in [-0.4, -0.2) is 31.7 Å². The molecule has 1 aliphatic rings. The van der Waals surface area contributed by atoms with Crippen molar-refractivity contribution in [3.05, 3.63) is 63.6 Å². The largest absolute Gasteiger partial charge is 0.283 e. The quantitative estimate of drug-likeness (QED) is 0.739. The summed E-state index contributed by atoms with van der Waals surface area (Å²) in [6.07, 6.45) is 0. The molecule has 0 fully saturated rings. The number of aromatic nitrogens is 4. The molecule has 2 aromatic heterocycles. The molecule has 0 aliphatic carbocycles. The maximum atomic E-state index is 14.0. The van der Waals surface area contributed by atoms with Crippen molar-refractivity contribution in [3.8, 4) is 0 Å². The van der Waals surface area contributed by atoms with Crippen LogP contribution < -0.4 is 0 Å². The molecule has 1 unspecified atom stereocenters. The molecule has 3 heterocycles. The fourth-order valence-electron chi connectivity index (χ4n) is 2.90. The van der Waals surface area contributed by atoms with Gasteiger partial charge in [0.05, 0.1) is 6.54 Å². The van der Waals surface area contributed by atoms with Gasteiger partial charge in [0.15, 0.2) is 17.5 Å². The number of hydrogen-bond donors (Lipinski definition) is 0. The number of hydrogen-bond acceptors (Lipinski definition) is 5. The van der Waals surface area contributed by atoms with Crippen LogP contribution in [0.15, 0.2) is 35.7 Å². The van der Waals surface area contributed by atoms with E-state index in [9.17, 15) is 8.78 Å². The van der Waals surface area contributed by atoms with Crippen molar-refractivity contribution in [1.82, 2.24) is 25.1 Å². The standard InChI is InChI=1S/C15H13F2N5S/c16-11-4-1-3-10(13(11)17)9-21-6-7-22-15(18-19-20-22)14(21)12-5-2-8-23-12/h1-5,8,14H,6-7,9H2. The third-order valence-electron chi connectivity index (χ3n) is 3.99. The fourth-order valence-corrected chi connectivity index (χ4v) is 3.75. The molecule has 3 aromatic rings. The number of nitrogens with zero attached hydrogens (tertiary/aromatic N) is 5. The van der Waals surface area contributed by atoms with Crippen molar-refractivity contribution in [2.24, 2.45) is 0 Å². The Morgan fingerprint density at radius 2 is 2.09 bits per heavy atom. The summed E-state index contributed by atoms with van der Waals surface area (Å²) in [6, 6.07) is 8.09. The zero-order chi connectivity index (χ0) is 15.8. The predicted octanol–water partition coefficient (Wildman–Crippen LogP) is 2.62. The van der Waals surface area contributed by atoms with E-state index in [4.69, 9.17) is 0 Å². The average Bonchev–Trinajstić information content (AvgIpc) is 3.22. The van der Waals surface area contributed by atoms with Crippen LogP contribution in [0.2, 0.25) is 0 Å². The topological polar surface area (TPSA) is 46.8 Å². The Bertz CT molecular complexity index is 817. The molecular weight excluding hydrogens is 320 g/mol. The van der Waals surface area contributed by atoms with Gasteiger partial charge in [-0.05, 0) is 27.9 Å². The Balaban J connectivity index is 1.71. The number of fused-ring (bicyclic) bond motifs is 1.